The molecule has 0 spiro atoms. The summed E-state index contributed by atoms with van der Waals surface area (Å²) in [7, 11) is 3.32. The number of thioether (sulfide) groups is 1. The fraction of sp³-hybridized carbons (Fsp3) is 0.261. The predicted octanol–water partition coefficient (Wildman–Crippen LogP) is 4.33. The normalized spacial score (nSPS) is 14.8. The maximum Gasteiger partial charge on any atom is 0.281 e. The van der Waals surface area contributed by atoms with Gasteiger partial charge in [0.1, 0.15) is 17.1 Å². The number of amides is 1. The summed E-state index contributed by atoms with van der Waals surface area (Å²) in [5, 5.41) is 7.78. The lowest BCUT2D eigenvalue weighted by Gasteiger charge is -2.12. The van der Waals surface area contributed by atoms with Crippen LogP contribution in [-0.4, -0.2) is 37.9 Å². The standard InChI is InChI=1S/C23H22F2N6O2S2/c1-12-7-16(20(24)25)27-22(26-12)35-11-15-8-14(5-6-19(15)33-4)9-17-21(32)31(23(34)28-17)18-10-30(3)29-13(18)2/h5-10,20H,11H2,1-4H3,(H,28,34)/b17-9+. The van der Waals surface area contributed by atoms with Crippen molar-refractivity contribution in [2.75, 3.05) is 12.0 Å². The van der Waals surface area contributed by atoms with Crippen molar-refractivity contribution in [3.63, 3.8) is 0 Å². The summed E-state index contributed by atoms with van der Waals surface area (Å²) in [6.07, 6.45) is 0.768. The number of ether oxygens (including phenoxy) is 1. The van der Waals surface area contributed by atoms with E-state index < -0.39 is 6.43 Å². The van der Waals surface area contributed by atoms with Crippen molar-refractivity contribution >= 4 is 46.8 Å². The molecule has 1 N–H and O–H groups in total. The molecule has 8 nitrogen and oxygen atoms in total. The van der Waals surface area contributed by atoms with Crippen LogP contribution in [0.1, 0.15) is 34.6 Å². The van der Waals surface area contributed by atoms with Gasteiger partial charge >= 0.3 is 0 Å². The molecule has 1 amide bonds. The van der Waals surface area contributed by atoms with Crippen molar-refractivity contribution in [1.29, 1.82) is 0 Å². The molecule has 1 saturated heterocycles. The highest BCUT2D eigenvalue weighted by molar-refractivity contribution is 7.98. The molecule has 0 unspecified atom stereocenters. The Morgan fingerprint density at radius 3 is 2.69 bits per heavy atom. The molecule has 0 atom stereocenters. The molecule has 4 rings (SSSR count). The summed E-state index contributed by atoms with van der Waals surface area (Å²) in [6.45, 7) is 3.46. The number of methoxy groups -OCH3 is 1. The molecule has 0 radical (unpaired) electrons. The molecule has 35 heavy (non-hydrogen) atoms. The number of aryl methyl sites for hydroxylation is 3. The zero-order valence-corrected chi connectivity index (χ0v) is 21.0. The number of rotatable bonds is 7. The van der Waals surface area contributed by atoms with Crippen molar-refractivity contribution in [3.8, 4) is 5.75 Å². The smallest absolute Gasteiger partial charge is 0.281 e. The molecular formula is C23H22F2N6O2S2. The molecular weight excluding hydrogens is 494 g/mol. The number of carbonyl (C=O) groups excluding carboxylic acids is 1. The maximum atomic E-state index is 13.1. The van der Waals surface area contributed by atoms with Crippen molar-refractivity contribution in [3.05, 3.63) is 64.4 Å². The lowest BCUT2D eigenvalue weighted by atomic mass is 10.1. The number of thiocarbonyl (C=S) groups is 1. The van der Waals surface area contributed by atoms with Crippen LogP contribution in [0.3, 0.4) is 0 Å². The minimum Gasteiger partial charge on any atom is -0.496 e. The van der Waals surface area contributed by atoms with E-state index in [1.165, 1.54) is 22.7 Å². The van der Waals surface area contributed by atoms with Gasteiger partial charge in [-0.25, -0.2) is 23.6 Å². The van der Waals surface area contributed by atoms with E-state index in [-0.39, 0.29) is 21.9 Å². The number of nitrogens with one attached hydrogen (secondary N) is 1. The predicted molar refractivity (Wildman–Crippen MR) is 133 cm³/mol. The first-order valence-electron chi connectivity index (χ1n) is 10.5. The Morgan fingerprint density at radius 2 is 2.03 bits per heavy atom. The Hall–Kier alpha value is -3.38. The largest absolute Gasteiger partial charge is 0.496 e. The van der Waals surface area contributed by atoms with Crippen LogP contribution < -0.4 is 15.0 Å². The molecule has 1 fully saturated rings. The average molecular weight is 517 g/mol. The first-order valence-corrected chi connectivity index (χ1v) is 11.9. The maximum absolute atomic E-state index is 13.1. The number of anilines is 1. The summed E-state index contributed by atoms with van der Waals surface area (Å²) < 4.78 is 33.3. The van der Waals surface area contributed by atoms with Gasteiger partial charge in [0.2, 0.25) is 0 Å². The van der Waals surface area contributed by atoms with Crippen LogP contribution in [0.4, 0.5) is 14.5 Å². The summed E-state index contributed by atoms with van der Waals surface area (Å²) >= 11 is 6.61. The topological polar surface area (TPSA) is 85.2 Å². The summed E-state index contributed by atoms with van der Waals surface area (Å²) in [6, 6.07) is 6.73. The SMILES string of the molecule is COc1ccc(/C=C2/NC(=S)N(c3cn(C)nc3C)C2=O)cc1CSc1nc(C)cc(C(F)F)n1. The zero-order chi connectivity index (χ0) is 25.3. The number of hydrogen-bond acceptors (Lipinski definition) is 7. The third-order valence-electron chi connectivity index (χ3n) is 5.16. The van der Waals surface area contributed by atoms with Gasteiger partial charge in [-0.15, -0.1) is 0 Å². The summed E-state index contributed by atoms with van der Waals surface area (Å²) in [5.74, 6) is 0.716. The van der Waals surface area contributed by atoms with Gasteiger partial charge in [-0.3, -0.25) is 9.48 Å². The van der Waals surface area contributed by atoms with E-state index in [1.54, 1.807) is 44.1 Å². The molecule has 3 heterocycles. The molecule has 0 bridgehead atoms. The van der Waals surface area contributed by atoms with Crippen molar-refractivity contribution in [2.24, 2.45) is 7.05 Å². The lowest BCUT2D eigenvalue weighted by molar-refractivity contribution is -0.113. The molecule has 1 aliphatic heterocycles. The van der Waals surface area contributed by atoms with Crippen molar-refractivity contribution in [2.45, 2.75) is 31.2 Å². The molecule has 1 aliphatic rings. The number of benzene rings is 1. The van der Waals surface area contributed by atoms with Gasteiger partial charge < -0.3 is 10.1 Å². The van der Waals surface area contributed by atoms with E-state index in [1.807, 2.05) is 19.1 Å². The van der Waals surface area contributed by atoms with Gasteiger partial charge in [-0.1, -0.05) is 17.8 Å². The highest BCUT2D eigenvalue weighted by Gasteiger charge is 2.34. The Kier molecular flexibility index (Phi) is 7.13. The second-order valence-corrected chi connectivity index (χ2v) is 9.11. The number of nitrogens with zero attached hydrogens (tertiary/aromatic N) is 5. The van der Waals surface area contributed by atoms with Crippen LogP contribution in [0.2, 0.25) is 0 Å². The molecule has 3 aromatic rings. The van der Waals surface area contributed by atoms with Crippen LogP contribution in [-0.2, 0) is 17.6 Å². The van der Waals surface area contributed by atoms with E-state index in [2.05, 4.69) is 20.4 Å². The lowest BCUT2D eigenvalue weighted by Crippen LogP contribution is -2.30. The number of carbonyl (C=O) groups is 1. The fourth-order valence-electron chi connectivity index (χ4n) is 3.61. The van der Waals surface area contributed by atoms with Crippen LogP contribution >= 0.6 is 24.0 Å². The van der Waals surface area contributed by atoms with Crippen LogP contribution in [0.15, 0.2) is 41.3 Å². The van der Waals surface area contributed by atoms with Crippen LogP contribution in [0.5, 0.6) is 5.75 Å². The molecule has 0 saturated carbocycles. The number of alkyl halides is 2. The highest BCUT2D eigenvalue weighted by Crippen LogP contribution is 2.30. The Morgan fingerprint density at radius 1 is 1.26 bits per heavy atom. The Bertz CT molecular complexity index is 1340. The zero-order valence-electron chi connectivity index (χ0n) is 19.4. The second-order valence-electron chi connectivity index (χ2n) is 7.78. The van der Waals surface area contributed by atoms with Gasteiger partial charge in [0.15, 0.2) is 10.3 Å². The number of aromatic nitrogens is 4. The van der Waals surface area contributed by atoms with Crippen LogP contribution in [0.25, 0.3) is 6.08 Å². The van der Waals surface area contributed by atoms with Gasteiger partial charge in [-0.2, -0.15) is 5.10 Å². The molecule has 0 aliphatic carbocycles. The van der Waals surface area contributed by atoms with Crippen molar-refractivity contribution < 1.29 is 18.3 Å². The van der Waals surface area contributed by atoms with Gasteiger partial charge in [0.05, 0.1) is 18.5 Å². The quantitative estimate of drug-likeness (QED) is 0.215. The van der Waals surface area contributed by atoms with Crippen LogP contribution in [0, 0.1) is 13.8 Å². The van der Waals surface area contributed by atoms with E-state index in [9.17, 15) is 13.6 Å². The third kappa shape index (κ3) is 5.33. The second kappa shape index (κ2) is 10.1. The molecule has 182 valence electrons. The van der Waals surface area contributed by atoms with Gasteiger partial charge in [-0.05, 0) is 55.9 Å². The van der Waals surface area contributed by atoms with E-state index in [0.29, 0.717) is 34.3 Å². The third-order valence-corrected chi connectivity index (χ3v) is 6.34. The average Bonchev–Trinajstić information content (AvgIpc) is 3.27. The summed E-state index contributed by atoms with van der Waals surface area (Å²) in [5.41, 5.74) is 3.33. The molecule has 12 heteroatoms. The van der Waals surface area contributed by atoms with Gasteiger partial charge in [0.25, 0.3) is 12.3 Å². The summed E-state index contributed by atoms with van der Waals surface area (Å²) in [4.78, 5) is 22.7. The number of halogens is 2. The minimum absolute atomic E-state index is 0.256. The fourth-order valence-corrected chi connectivity index (χ4v) is 4.79. The monoisotopic (exact) mass is 516 g/mol. The van der Waals surface area contributed by atoms with E-state index >= 15 is 0 Å². The van der Waals surface area contributed by atoms with Gasteiger partial charge in [0, 0.05) is 30.3 Å². The minimum atomic E-state index is -2.67. The Labute approximate surface area is 210 Å². The van der Waals surface area contributed by atoms with E-state index in [0.717, 1.165) is 11.1 Å². The Balaban J connectivity index is 1.58. The first kappa shape index (κ1) is 24.7. The van der Waals surface area contributed by atoms with Crippen molar-refractivity contribution in [1.82, 2.24) is 25.1 Å². The highest BCUT2D eigenvalue weighted by atomic mass is 32.2. The first-order chi connectivity index (χ1) is 16.7. The molecule has 2 aromatic heterocycles. The number of hydrogen-bond donors (Lipinski definition) is 1. The van der Waals surface area contributed by atoms with E-state index in [4.69, 9.17) is 17.0 Å². The molecule has 1 aromatic carbocycles.